The monoisotopic (exact) mass is 263 g/mol. The van der Waals surface area contributed by atoms with Crippen LogP contribution in [0, 0.1) is 0 Å². The van der Waals surface area contributed by atoms with Crippen molar-refractivity contribution in [3.63, 3.8) is 0 Å². The van der Waals surface area contributed by atoms with Crippen LogP contribution in [0.3, 0.4) is 0 Å². The van der Waals surface area contributed by atoms with Gasteiger partial charge in [0.2, 0.25) is 0 Å². The lowest BCUT2D eigenvalue weighted by molar-refractivity contribution is 0.744. The standard InChI is InChI=1S/C10H9N5S2/c1-16-10-11-9-7(8-12-13-14-15(8)10)5-3-2-4-6(5)17-9/h2-4H2,1H3. The number of hydrogen-bond donors (Lipinski definition) is 0. The molecule has 0 bridgehead atoms. The lowest BCUT2D eigenvalue weighted by atomic mass is 10.2. The third kappa shape index (κ3) is 1.21. The number of aromatic nitrogens is 5. The summed E-state index contributed by atoms with van der Waals surface area (Å²) in [6.45, 7) is 0. The molecule has 0 spiro atoms. The van der Waals surface area contributed by atoms with E-state index >= 15 is 0 Å². The van der Waals surface area contributed by atoms with Crippen molar-refractivity contribution in [1.82, 2.24) is 25.0 Å². The van der Waals surface area contributed by atoms with E-state index in [1.165, 1.54) is 28.7 Å². The molecule has 17 heavy (non-hydrogen) atoms. The van der Waals surface area contributed by atoms with Crippen molar-refractivity contribution in [2.45, 2.75) is 24.4 Å². The third-order valence-electron chi connectivity index (χ3n) is 3.16. The molecule has 1 aliphatic carbocycles. The van der Waals surface area contributed by atoms with Crippen molar-refractivity contribution in [1.29, 1.82) is 0 Å². The van der Waals surface area contributed by atoms with Gasteiger partial charge in [-0.3, -0.25) is 0 Å². The number of fused-ring (bicyclic) bond motifs is 5. The summed E-state index contributed by atoms with van der Waals surface area (Å²) in [7, 11) is 0. The van der Waals surface area contributed by atoms with Gasteiger partial charge in [0.1, 0.15) is 4.83 Å². The van der Waals surface area contributed by atoms with E-state index in [0.29, 0.717) is 0 Å². The van der Waals surface area contributed by atoms with Crippen molar-refractivity contribution in [2.24, 2.45) is 0 Å². The molecule has 0 unspecified atom stereocenters. The van der Waals surface area contributed by atoms with Gasteiger partial charge in [-0.15, -0.1) is 16.4 Å². The van der Waals surface area contributed by atoms with E-state index in [4.69, 9.17) is 0 Å². The summed E-state index contributed by atoms with van der Waals surface area (Å²) >= 11 is 3.38. The summed E-state index contributed by atoms with van der Waals surface area (Å²) in [5.74, 6) is 0. The number of tetrazole rings is 1. The zero-order valence-electron chi connectivity index (χ0n) is 9.17. The first-order chi connectivity index (χ1) is 8.38. The van der Waals surface area contributed by atoms with E-state index in [1.807, 2.05) is 6.26 Å². The number of aryl methyl sites for hydroxylation is 2. The van der Waals surface area contributed by atoms with Gasteiger partial charge >= 0.3 is 0 Å². The molecule has 0 radical (unpaired) electrons. The van der Waals surface area contributed by atoms with Crippen LogP contribution in [0.15, 0.2) is 5.16 Å². The molecular formula is C10H9N5S2. The molecular weight excluding hydrogens is 254 g/mol. The smallest absolute Gasteiger partial charge is 0.193 e. The minimum atomic E-state index is 0.859. The fourth-order valence-electron chi connectivity index (χ4n) is 2.44. The van der Waals surface area contributed by atoms with Crippen LogP contribution < -0.4 is 0 Å². The Morgan fingerprint density at radius 3 is 3.18 bits per heavy atom. The summed E-state index contributed by atoms with van der Waals surface area (Å²) in [6, 6.07) is 0. The Bertz CT molecular complexity index is 729. The molecule has 86 valence electrons. The fourth-order valence-corrected chi connectivity index (χ4v) is 4.23. The average Bonchev–Trinajstić information content (AvgIpc) is 3.00. The van der Waals surface area contributed by atoms with Crippen LogP contribution in [0.4, 0.5) is 0 Å². The molecule has 0 N–H and O–H groups in total. The van der Waals surface area contributed by atoms with Crippen molar-refractivity contribution >= 4 is 39.0 Å². The fraction of sp³-hybridized carbons (Fsp3) is 0.400. The van der Waals surface area contributed by atoms with Crippen molar-refractivity contribution in [3.8, 4) is 0 Å². The Balaban J connectivity index is 2.23. The molecule has 3 heterocycles. The van der Waals surface area contributed by atoms with Crippen molar-refractivity contribution < 1.29 is 0 Å². The number of thioether (sulfide) groups is 1. The van der Waals surface area contributed by atoms with Crippen LogP contribution in [-0.2, 0) is 12.8 Å². The van der Waals surface area contributed by atoms with E-state index in [0.717, 1.165) is 22.1 Å². The molecule has 1 aliphatic rings. The predicted octanol–water partition coefficient (Wildman–Crippen LogP) is 1.94. The molecule has 0 saturated heterocycles. The van der Waals surface area contributed by atoms with Gasteiger partial charge in [-0.25, -0.2) is 4.98 Å². The number of hydrogen-bond acceptors (Lipinski definition) is 6. The van der Waals surface area contributed by atoms with Crippen LogP contribution in [-0.4, -0.2) is 31.3 Å². The van der Waals surface area contributed by atoms with E-state index in [9.17, 15) is 0 Å². The maximum Gasteiger partial charge on any atom is 0.193 e. The minimum absolute atomic E-state index is 0.859. The number of nitrogens with zero attached hydrogens (tertiary/aromatic N) is 5. The van der Waals surface area contributed by atoms with Gasteiger partial charge in [-0.05, 0) is 41.5 Å². The average molecular weight is 263 g/mol. The first-order valence-electron chi connectivity index (χ1n) is 5.45. The van der Waals surface area contributed by atoms with Gasteiger partial charge in [0.15, 0.2) is 10.8 Å². The van der Waals surface area contributed by atoms with Crippen molar-refractivity contribution in [3.05, 3.63) is 10.4 Å². The Labute approximate surface area is 105 Å². The summed E-state index contributed by atoms with van der Waals surface area (Å²) in [6.07, 6.45) is 5.56. The van der Waals surface area contributed by atoms with Crippen LogP contribution in [0.1, 0.15) is 16.9 Å². The highest BCUT2D eigenvalue weighted by molar-refractivity contribution is 7.98. The molecule has 0 aromatic carbocycles. The normalized spacial score (nSPS) is 14.9. The molecule has 0 aliphatic heterocycles. The minimum Gasteiger partial charge on any atom is -0.211 e. The van der Waals surface area contributed by atoms with Gasteiger partial charge in [-0.2, -0.15) is 4.52 Å². The summed E-state index contributed by atoms with van der Waals surface area (Å²) in [5.41, 5.74) is 2.28. The second-order valence-corrected chi connectivity index (χ2v) is 5.91. The zero-order valence-corrected chi connectivity index (χ0v) is 10.8. The molecule has 0 amide bonds. The number of rotatable bonds is 1. The Hall–Kier alpha value is -1.21. The second kappa shape index (κ2) is 3.39. The van der Waals surface area contributed by atoms with Crippen molar-refractivity contribution in [2.75, 3.05) is 6.26 Å². The Morgan fingerprint density at radius 2 is 2.29 bits per heavy atom. The molecule has 3 aromatic rings. The van der Waals surface area contributed by atoms with Crippen LogP contribution in [0.5, 0.6) is 0 Å². The van der Waals surface area contributed by atoms with Gasteiger partial charge in [0.25, 0.3) is 0 Å². The molecule has 7 heteroatoms. The lowest BCUT2D eigenvalue weighted by Crippen LogP contribution is -1.96. The summed E-state index contributed by atoms with van der Waals surface area (Å²) in [5, 5.41) is 14.0. The van der Waals surface area contributed by atoms with Gasteiger partial charge in [-0.1, -0.05) is 11.8 Å². The first kappa shape index (κ1) is 9.78. The molecule has 4 rings (SSSR count). The predicted molar refractivity (Wildman–Crippen MR) is 67.8 cm³/mol. The van der Waals surface area contributed by atoms with E-state index in [1.54, 1.807) is 27.6 Å². The molecule has 0 atom stereocenters. The zero-order chi connectivity index (χ0) is 11.4. The Morgan fingerprint density at radius 1 is 1.35 bits per heavy atom. The maximum absolute atomic E-state index is 4.66. The third-order valence-corrected chi connectivity index (χ3v) is 4.97. The van der Waals surface area contributed by atoms with Gasteiger partial charge < -0.3 is 0 Å². The van der Waals surface area contributed by atoms with Gasteiger partial charge in [0.05, 0.1) is 5.39 Å². The van der Waals surface area contributed by atoms with Crippen LogP contribution >= 0.6 is 23.1 Å². The lowest BCUT2D eigenvalue weighted by Gasteiger charge is -2.00. The molecule has 5 nitrogen and oxygen atoms in total. The SMILES string of the molecule is CSc1nc2sc3c(c2c2nnnn12)CCC3. The molecule has 0 fully saturated rings. The number of thiophene rings is 1. The van der Waals surface area contributed by atoms with E-state index in [2.05, 4.69) is 20.5 Å². The van der Waals surface area contributed by atoms with E-state index < -0.39 is 0 Å². The first-order valence-corrected chi connectivity index (χ1v) is 7.49. The van der Waals surface area contributed by atoms with E-state index in [-0.39, 0.29) is 0 Å². The summed E-state index contributed by atoms with van der Waals surface area (Å²) in [4.78, 5) is 7.21. The second-order valence-electron chi connectivity index (χ2n) is 4.05. The summed E-state index contributed by atoms with van der Waals surface area (Å²) < 4.78 is 1.75. The maximum atomic E-state index is 4.66. The highest BCUT2D eigenvalue weighted by Crippen LogP contribution is 2.38. The largest absolute Gasteiger partial charge is 0.211 e. The topological polar surface area (TPSA) is 56.0 Å². The van der Waals surface area contributed by atoms with Gasteiger partial charge in [0, 0.05) is 4.88 Å². The van der Waals surface area contributed by atoms with Crippen LogP contribution in [0.25, 0.3) is 15.9 Å². The Kier molecular flexibility index (Phi) is 1.95. The highest BCUT2D eigenvalue weighted by atomic mass is 32.2. The van der Waals surface area contributed by atoms with Crippen LogP contribution in [0.2, 0.25) is 0 Å². The molecule has 0 saturated carbocycles. The quantitative estimate of drug-likeness (QED) is 0.496. The molecule has 3 aromatic heterocycles. The highest BCUT2D eigenvalue weighted by Gasteiger charge is 2.22.